The van der Waals surface area contributed by atoms with Crippen molar-refractivity contribution in [1.82, 2.24) is 0 Å². The van der Waals surface area contributed by atoms with E-state index in [1.165, 1.54) is 24.7 Å². The van der Waals surface area contributed by atoms with Gasteiger partial charge < -0.3 is 9.53 Å². The number of aldehydes is 1. The predicted octanol–water partition coefficient (Wildman–Crippen LogP) is 3.22. The normalized spacial score (nSPS) is 34.1. The summed E-state index contributed by atoms with van der Waals surface area (Å²) in [5.41, 5.74) is 2.71. The number of allylic oxidation sites excluding steroid dienone is 6. The Hall–Kier alpha value is -1.64. The van der Waals surface area contributed by atoms with Gasteiger partial charge in [-0.1, -0.05) is 29.9 Å². The third kappa shape index (κ3) is 2.50. The fourth-order valence-corrected chi connectivity index (χ4v) is 4.34. The zero-order valence-electron chi connectivity index (χ0n) is 12.5. The van der Waals surface area contributed by atoms with Crippen molar-refractivity contribution in [3.8, 4) is 0 Å². The molecule has 0 aliphatic heterocycles. The third-order valence-corrected chi connectivity index (χ3v) is 5.32. The molecular formula is C18H22O3. The molecule has 1 fully saturated rings. The van der Waals surface area contributed by atoms with E-state index in [2.05, 4.69) is 24.3 Å². The second kappa shape index (κ2) is 6.00. The van der Waals surface area contributed by atoms with E-state index in [0.717, 1.165) is 25.5 Å². The standard InChI is InChI=1S/C18H22O3/c1-21-18(20)17-9-8-14-13-5-3-2-4-12(13)6-7-15(14)16(17)10-11-19/h2,4,6-7,11,13-14,16-17H,3,5,8-10H2,1H3. The van der Waals surface area contributed by atoms with Gasteiger partial charge in [-0.05, 0) is 43.1 Å². The van der Waals surface area contributed by atoms with Gasteiger partial charge >= 0.3 is 5.97 Å². The van der Waals surface area contributed by atoms with Crippen molar-refractivity contribution >= 4 is 12.3 Å². The third-order valence-electron chi connectivity index (χ3n) is 5.32. The van der Waals surface area contributed by atoms with Crippen LogP contribution in [0.4, 0.5) is 0 Å². The SMILES string of the molecule is COC(=O)C1CCC2C(=CC=C3C=CCCC32)C1CC=O. The molecule has 0 bridgehead atoms. The van der Waals surface area contributed by atoms with Crippen molar-refractivity contribution in [3.63, 3.8) is 0 Å². The Kier molecular flexibility index (Phi) is 4.09. The molecule has 0 heterocycles. The molecule has 0 N–H and O–H groups in total. The zero-order valence-corrected chi connectivity index (χ0v) is 12.5. The van der Waals surface area contributed by atoms with E-state index in [9.17, 15) is 9.59 Å². The van der Waals surface area contributed by atoms with Crippen LogP contribution in [-0.4, -0.2) is 19.4 Å². The lowest BCUT2D eigenvalue weighted by atomic mass is 9.61. The van der Waals surface area contributed by atoms with Gasteiger partial charge in [0, 0.05) is 12.3 Å². The van der Waals surface area contributed by atoms with E-state index >= 15 is 0 Å². The van der Waals surface area contributed by atoms with Crippen LogP contribution in [0.2, 0.25) is 0 Å². The number of methoxy groups -OCH3 is 1. The van der Waals surface area contributed by atoms with E-state index in [-0.39, 0.29) is 17.8 Å². The number of esters is 1. The lowest BCUT2D eigenvalue weighted by Gasteiger charge is -2.43. The van der Waals surface area contributed by atoms with Crippen LogP contribution in [0.15, 0.2) is 35.5 Å². The summed E-state index contributed by atoms with van der Waals surface area (Å²) in [7, 11) is 1.44. The van der Waals surface area contributed by atoms with Crippen molar-refractivity contribution in [2.24, 2.45) is 23.7 Å². The van der Waals surface area contributed by atoms with E-state index < -0.39 is 0 Å². The monoisotopic (exact) mass is 286 g/mol. The Bertz CT molecular complexity index is 527. The molecule has 21 heavy (non-hydrogen) atoms. The van der Waals surface area contributed by atoms with Crippen LogP contribution in [0.3, 0.4) is 0 Å². The van der Waals surface area contributed by atoms with Crippen molar-refractivity contribution < 1.29 is 14.3 Å². The molecule has 112 valence electrons. The number of fused-ring (bicyclic) bond motifs is 3. The minimum atomic E-state index is -0.167. The summed E-state index contributed by atoms with van der Waals surface area (Å²) in [6.45, 7) is 0. The van der Waals surface area contributed by atoms with Crippen LogP contribution in [0, 0.1) is 23.7 Å². The van der Waals surface area contributed by atoms with Crippen molar-refractivity contribution in [2.45, 2.75) is 32.1 Å². The molecule has 3 aliphatic carbocycles. The summed E-state index contributed by atoms with van der Waals surface area (Å²) in [6, 6.07) is 0. The Labute approximate surface area is 125 Å². The first-order valence-corrected chi connectivity index (χ1v) is 7.86. The van der Waals surface area contributed by atoms with Crippen LogP contribution < -0.4 is 0 Å². The number of carbonyl (C=O) groups is 2. The van der Waals surface area contributed by atoms with Gasteiger partial charge in [0.15, 0.2) is 0 Å². The number of carbonyl (C=O) groups excluding carboxylic acids is 2. The second-order valence-corrected chi connectivity index (χ2v) is 6.24. The number of hydrogen-bond donors (Lipinski definition) is 0. The largest absolute Gasteiger partial charge is 0.469 e. The van der Waals surface area contributed by atoms with Crippen LogP contribution in [0.25, 0.3) is 0 Å². The van der Waals surface area contributed by atoms with Crippen LogP contribution in [0.5, 0.6) is 0 Å². The smallest absolute Gasteiger partial charge is 0.309 e. The maximum Gasteiger partial charge on any atom is 0.309 e. The summed E-state index contributed by atoms with van der Waals surface area (Å²) >= 11 is 0. The summed E-state index contributed by atoms with van der Waals surface area (Å²) in [6.07, 6.45) is 14.4. The average Bonchev–Trinajstić information content (AvgIpc) is 2.54. The first kappa shape index (κ1) is 14.3. The van der Waals surface area contributed by atoms with Gasteiger partial charge in [0.1, 0.15) is 6.29 Å². The first-order valence-electron chi connectivity index (χ1n) is 7.86. The molecule has 3 rings (SSSR count). The highest BCUT2D eigenvalue weighted by molar-refractivity contribution is 5.74. The van der Waals surface area contributed by atoms with Gasteiger partial charge in [-0.15, -0.1) is 0 Å². The highest BCUT2D eigenvalue weighted by atomic mass is 16.5. The number of ether oxygens (including phenoxy) is 1. The molecule has 0 aromatic carbocycles. The van der Waals surface area contributed by atoms with Crippen LogP contribution in [-0.2, 0) is 14.3 Å². The Balaban J connectivity index is 1.93. The van der Waals surface area contributed by atoms with E-state index in [1.807, 2.05) is 0 Å². The molecule has 0 aromatic heterocycles. The number of hydrogen-bond acceptors (Lipinski definition) is 3. The van der Waals surface area contributed by atoms with Gasteiger partial charge in [0.05, 0.1) is 13.0 Å². The molecule has 0 amide bonds. The van der Waals surface area contributed by atoms with Gasteiger partial charge in [-0.25, -0.2) is 0 Å². The van der Waals surface area contributed by atoms with Gasteiger partial charge in [-0.3, -0.25) is 4.79 Å². The average molecular weight is 286 g/mol. The first-order chi connectivity index (χ1) is 10.3. The fourth-order valence-electron chi connectivity index (χ4n) is 4.34. The van der Waals surface area contributed by atoms with Gasteiger partial charge in [0.2, 0.25) is 0 Å². The molecule has 0 saturated heterocycles. The Morgan fingerprint density at radius 2 is 2.14 bits per heavy atom. The molecule has 3 aliphatic rings. The summed E-state index contributed by atoms with van der Waals surface area (Å²) in [5.74, 6) is 0.775. The lowest BCUT2D eigenvalue weighted by Crippen LogP contribution is -2.38. The van der Waals surface area contributed by atoms with Crippen molar-refractivity contribution in [1.29, 1.82) is 0 Å². The minimum Gasteiger partial charge on any atom is -0.469 e. The summed E-state index contributed by atoms with van der Waals surface area (Å²) in [5, 5.41) is 0. The predicted molar refractivity (Wildman–Crippen MR) is 80.4 cm³/mol. The highest BCUT2D eigenvalue weighted by Crippen LogP contribution is 2.49. The molecule has 3 heteroatoms. The molecular weight excluding hydrogens is 264 g/mol. The molecule has 0 spiro atoms. The Morgan fingerprint density at radius 3 is 2.90 bits per heavy atom. The maximum absolute atomic E-state index is 12.0. The van der Waals surface area contributed by atoms with Gasteiger partial charge in [0.25, 0.3) is 0 Å². The molecule has 0 radical (unpaired) electrons. The zero-order chi connectivity index (χ0) is 14.8. The molecule has 3 nitrogen and oxygen atoms in total. The fraction of sp³-hybridized carbons (Fsp3) is 0.556. The Morgan fingerprint density at radius 1 is 1.29 bits per heavy atom. The molecule has 4 unspecified atom stereocenters. The topological polar surface area (TPSA) is 43.4 Å². The molecule has 1 saturated carbocycles. The van der Waals surface area contributed by atoms with Crippen LogP contribution >= 0.6 is 0 Å². The van der Waals surface area contributed by atoms with E-state index in [4.69, 9.17) is 4.74 Å². The second-order valence-electron chi connectivity index (χ2n) is 6.24. The minimum absolute atomic E-state index is 0.0254. The van der Waals surface area contributed by atoms with E-state index in [1.54, 1.807) is 0 Å². The van der Waals surface area contributed by atoms with Crippen LogP contribution in [0.1, 0.15) is 32.1 Å². The summed E-state index contributed by atoms with van der Waals surface area (Å²) in [4.78, 5) is 23.1. The highest BCUT2D eigenvalue weighted by Gasteiger charge is 2.43. The quantitative estimate of drug-likeness (QED) is 0.591. The number of rotatable bonds is 3. The molecule has 0 aromatic rings. The maximum atomic E-state index is 12.0. The van der Waals surface area contributed by atoms with Crippen molar-refractivity contribution in [2.75, 3.05) is 7.11 Å². The van der Waals surface area contributed by atoms with E-state index in [0.29, 0.717) is 18.3 Å². The van der Waals surface area contributed by atoms with Crippen molar-refractivity contribution in [3.05, 3.63) is 35.5 Å². The molecule has 4 atom stereocenters. The lowest BCUT2D eigenvalue weighted by molar-refractivity contribution is -0.148. The van der Waals surface area contributed by atoms with Gasteiger partial charge in [-0.2, -0.15) is 0 Å². The summed E-state index contributed by atoms with van der Waals surface area (Å²) < 4.78 is 4.94.